The van der Waals surface area contributed by atoms with E-state index in [9.17, 15) is 8.42 Å². The van der Waals surface area contributed by atoms with E-state index < -0.39 is 10.0 Å². The standard InChI is InChI=1S/C9H20N2O3S/c1-10-6-8-15(12,13)11-5-4-9-3-2-7-14-9/h9-11H,2-8H2,1H3. The highest BCUT2D eigenvalue weighted by Crippen LogP contribution is 2.14. The summed E-state index contributed by atoms with van der Waals surface area (Å²) in [5.74, 6) is 0.134. The van der Waals surface area contributed by atoms with Crippen molar-refractivity contribution in [1.29, 1.82) is 0 Å². The molecule has 15 heavy (non-hydrogen) atoms. The number of ether oxygens (including phenoxy) is 1. The Morgan fingerprint density at radius 2 is 2.20 bits per heavy atom. The van der Waals surface area contributed by atoms with E-state index in [0.717, 1.165) is 25.9 Å². The predicted molar refractivity (Wildman–Crippen MR) is 59.3 cm³/mol. The van der Waals surface area contributed by atoms with Crippen LogP contribution >= 0.6 is 0 Å². The van der Waals surface area contributed by atoms with E-state index in [1.54, 1.807) is 7.05 Å². The lowest BCUT2D eigenvalue weighted by Gasteiger charge is -2.10. The molecule has 0 saturated carbocycles. The van der Waals surface area contributed by atoms with Crippen molar-refractivity contribution in [2.75, 3.05) is 32.5 Å². The second kappa shape index (κ2) is 6.42. The fourth-order valence-electron chi connectivity index (χ4n) is 1.56. The van der Waals surface area contributed by atoms with E-state index in [1.165, 1.54) is 0 Å². The summed E-state index contributed by atoms with van der Waals surface area (Å²) >= 11 is 0. The summed E-state index contributed by atoms with van der Waals surface area (Å²) in [4.78, 5) is 0. The van der Waals surface area contributed by atoms with Crippen molar-refractivity contribution in [2.24, 2.45) is 0 Å². The van der Waals surface area contributed by atoms with Crippen LogP contribution in [0.15, 0.2) is 0 Å². The molecule has 0 aliphatic carbocycles. The van der Waals surface area contributed by atoms with Gasteiger partial charge in [0.15, 0.2) is 0 Å². The molecule has 1 saturated heterocycles. The topological polar surface area (TPSA) is 67.4 Å². The van der Waals surface area contributed by atoms with Crippen molar-refractivity contribution >= 4 is 10.0 Å². The molecule has 5 nitrogen and oxygen atoms in total. The third kappa shape index (κ3) is 5.46. The van der Waals surface area contributed by atoms with E-state index in [4.69, 9.17) is 4.74 Å². The van der Waals surface area contributed by atoms with Gasteiger partial charge in [0.25, 0.3) is 0 Å². The lowest BCUT2D eigenvalue weighted by Crippen LogP contribution is -2.32. The van der Waals surface area contributed by atoms with Gasteiger partial charge >= 0.3 is 0 Å². The molecule has 6 heteroatoms. The highest BCUT2D eigenvalue weighted by atomic mass is 32.2. The summed E-state index contributed by atoms with van der Waals surface area (Å²) in [6.45, 7) is 1.78. The molecule has 90 valence electrons. The van der Waals surface area contributed by atoms with Gasteiger partial charge in [-0.2, -0.15) is 0 Å². The van der Waals surface area contributed by atoms with Gasteiger partial charge < -0.3 is 10.1 Å². The summed E-state index contributed by atoms with van der Waals surface area (Å²) in [7, 11) is -1.37. The zero-order valence-electron chi connectivity index (χ0n) is 9.16. The van der Waals surface area contributed by atoms with Gasteiger partial charge in [-0.1, -0.05) is 0 Å². The molecule has 1 rings (SSSR count). The first kappa shape index (κ1) is 12.9. The third-order valence-electron chi connectivity index (χ3n) is 2.43. The fraction of sp³-hybridized carbons (Fsp3) is 1.00. The van der Waals surface area contributed by atoms with Gasteiger partial charge in [0, 0.05) is 19.7 Å². The Kier molecular flexibility index (Phi) is 5.52. The van der Waals surface area contributed by atoms with Crippen LogP contribution in [0.25, 0.3) is 0 Å². The van der Waals surface area contributed by atoms with E-state index >= 15 is 0 Å². The molecule has 2 N–H and O–H groups in total. The van der Waals surface area contributed by atoms with Gasteiger partial charge in [0.05, 0.1) is 11.9 Å². The van der Waals surface area contributed by atoms with E-state index in [0.29, 0.717) is 13.1 Å². The summed E-state index contributed by atoms with van der Waals surface area (Å²) in [5, 5.41) is 2.81. The van der Waals surface area contributed by atoms with Crippen LogP contribution in [0.2, 0.25) is 0 Å². The van der Waals surface area contributed by atoms with E-state index in [-0.39, 0.29) is 11.9 Å². The van der Waals surface area contributed by atoms with Crippen LogP contribution in [-0.2, 0) is 14.8 Å². The first-order valence-corrected chi connectivity index (χ1v) is 7.03. The van der Waals surface area contributed by atoms with Gasteiger partial charge in [-0.05, 0) is 26.3 Å². The molecular formula is C9H20N2O3S. The summed E-state index contributed by atoms with van der Waals surface area (Å²) in [6, 6.07) is 0. The maximum atomic E-state index is 11.4. The van der Waals surface area contributed by atoms with Crippen LogP contribution in [0.4, 0.5) is 0 Å². The Hall–Kier alpha value is -0.170. The summed E-state index contributed by atoms with van der Waals surface area (Å²) in [5.41, 5.74) is 0. The molecule has 1 fully saturated rings. The van der Waals surface area contributed by atoms with Crippen LogP contribution in [0.5, 0.6) is 0 Å². The normalized spacial score (nSPS) is 22.1. The lowest BCUT2D eigenvalue weighted by atomic mass is 10.2. The molecule has 0 aromatic carbocycles. The lowest BCUT2D eigenvalue weighted by molar-refractivity contribution is 0.105. The molecule has 1 aliphatic rings. The van der Waals surface area contributed by atoms with Crippen molar-refractivity contribution < 1.29 is 13.2 Å². The van der Waals surface area contributed by atoms with Crippen molar-refractivity contribution in [3.63, 3.8) is 0 Å². The predicted octanol–water partition coefficient (Wildman–Crippen LogP) is -0.306. The maximum Gasteiger partial charge on any atom is 0.212 e. The van der Waals surface area contributed by atoms with Crippen LogP contribution in [0.1, 0.15) is 19.3 Å². The Bertz CT molecular complexity index is 261. The molecular weight excluding hydrogens is 216 g/mol. The molecule has 0 spiro atoms. The second-order valence-corrected chi connectivity index (χ2v) is 5.67. The first-order chi connectivity index (χ1) is 7.14. The Labute approximate surface area is 91.6 Å². The zero-order valence-corrected chi connectivity index (χ0v) is 9.98. The monoisotopic (exact) mass is 236 g/mol. The minimum Gasteiger partial charge on any atom is -0.378 e. The van der Waals surface area contributed by atoms with Gasteiger partial charge in [0.1, 0.15) is 0 Å². The maximum absolute atomic E-state index is 11.4. The molecule has 0 radical (unpaired) electrons. The van der Waals surface area contributed by atoms with Crippen LogP contribution in [0.3, 0.4) is 0 Å². The number of nitrogens with one attached hydrogen (secondary N) is 2. The van der Waals surface area contributed by atoms with E-state index in [1.807, 2.05) is 0 Å². The minimum atomic E-state index is -3.10. The largest absolute Gasteiger partial charge is 0.378 e. The van der Waals surface area contributed by atoms with Crippen LogP contribution < -0.4 is 10.0 Å². The molecule has 0 amide bonds. The average molecular weight is 236 g/mol. The van der Waals surface area contributed by atoms with E-state index in [2.05, 4.69) is 10.0 Å². The van der Waals surface area contributed by atoms with Gasteiger partial charge in [0.2, 0.25) is 10.0 Å². The molecule has 1 aliphatic heterocycles. The van der Waals surface area contributed by atoms with Crippen molar-refractivity contribution in [2.45, 2.75) is 25.4 Å². The molecule has 1 atom stereocenters. The number of sulfonamides is 1. The van der Waals surface area contributed by atoms with Gasteiger partial charge in [-0.25, -0.2) is 13.1 Å². The zero-order chi connectivity index (χ0) is 11.1. The Morgan fingerprint density at radius 1 is 1.40 bits per heavy atom. The Balaban J connectivity index is 2.12. The number of rotatable bonds is 7. The van der Waals surface area contributed by atoms with Gasteiger partial charge in [-0.3, -0.25) is 0 Å². The highest BCUT2D eigenvalue weighted by Gasteiger charge is 2.16. The van der Waals surface area contributed by atoms with Crippen LogP contribution in [-0.4, -0.2) is 47.0 Å². The Morgan fingerprint density at radius 3 is 2.80 bits per heavy atom. The quantitative estimate of drug-likeness (QED) is 0.636. The molecule has 0 bridgehead atoms. The number of hydrogen-bond donors (Lipinski definition) is 2. The number of hydrogen-bond acceptors (Lipinski definition) is 4. The fourth-order valence-corrected chi connectivity index (χ4v) is 2.60. The molecule has 0 aromatic heterocycles. The molecule has 0 aromatic rings. The SMILES string of the molecule is CNCCS(=O)(=O)NCCC1CCCO1. The smallest absolute Gasteiger partial charge is 0.212 e. The van der Waals surface area contributed by atoms with Crippen molar-refractivity contribution in [1.82, 2.24) is 10.0 Å². The highest BCUT2D eigenvalue weighted by molar-refractivity contribution is 7.89. The summed E-state index contributed by atoms with van der Waals surface area (Å²) < 4.78 is 30.7. The van der Waals surface area contributed by atoms with Gasteiger partial charge in [-0.15, -0.1) is 0 Å². The van der Waals surface area contributed by atoms with Crippen molar-refractivity contribution in [3.05, 3.63) is 0 Å². The molecule has 1 heterocycles. The van der Waals surface area contributed by atoms with Crippen molar-refractivity contribution in [3.8, 4) is 0 Å². The van der Waals surface area contributed by atoms with Crippen LogP contribution in [0, 0.1) is 0 Å². The minimum absolute atomic E-state index is 0.134. The third-order valence-corrected chi connectivity index (χ3v) is 3.82. The summed E-state index contributed by atoms with van der Waals surface area (Å²) in [6.07, 6.45) is 3.17. The molecule has 1 unspecified atom stereocenters. The first-order valence-electron chi connectivity index (χ1n) is 5.37. The average Bonchev–Trinajstić information content (AvgIpc) is 2.67. The second-order valence-electron chi connectivity index (χ2n) is 3.74.